The second-order valence-electron chi connectivity index (χ2n) is 5.57. The number of aliphatic hydroxyl groups excluding tert-OH is 8. The summed E-state index contributed by atoms with van der Waals surface area (Å²) in [5.41, 5.74) is 0. The molecular formula is C12H22O11. The molecule has 0 aromatic rings. The van der Waals surface area contributed by atoms with Crippen LogP contribution in [0.15, 0.2) is 0 Å². The van der Waals surface area contributed by atoms with E-state index in [0.717, 1.165) is 0 Å². The Morgan fingerprint density at radius 2 is 1.22 bits per heavy atom. The predicted molar refractivity (Wildman–Crippen MR) is 68.6 cm³/mol. The second kappa shape index (κ2) is 7.63. The van der Waals surface area contributed by atoms with Gasteiger partial charge in [0.25, 0.3) is 0 Å². The first kappa shape index (κ1) is 18.9. The first-order valence-corrected chi connectivity index (χ1v) is 7.07. The Balaban J connectivity index is 1.94. The molecule has 2 aliphatic rings. The van der Waals surface area contributed by atoms with Gasteiger partial charge in [-0.2, -0.15) is 0 Å². The molecule has 11 heteroatoms. The molecule has 136 valence electrons. The normalized spacial score (nSPS) is 51.7. The monoisotopic (exact) mass is 342 g/mol. The van der Waals surface area contributed by atoms with E-state index in [4.69, 9.17) is 19.3 Å². The molecule has 2 rings (SSSR count). The highest BCUT2D eigenvalue weighted by atomic mass is 16.7. The fraction of sp³-hybridized carbons (Fsp3) is 1.00. The molecule has 0 aliphatic carbocycles. The Morgan fingerprint density at radius 3 is 1.83 bits per heavy atom. The molecule has 23 heavy (non-hydrogen) atoms. The quantitative estimate of drug-likeness (QED) is 0.243. The van der Waals surface area contributed by atoms with Gasteiger partial charge in [-0.05, 0) is 0 Å². The van der Waals surface area contributed by atoms with E-state index in [9.17, 15) is 35.7 Å². The van der Waals surface area contributed by atoms with Crippen LogP contribution in [0.2, 0.25) is 0 Å². The number of aliphatic hydroxyl groups is 8. The number of rotatable bonds is 4. The van der Waals surface area contributed by atoms with Crippen molar-refractivity contribution < 1.29 is 55.1 Å². The van der Waals surface area contributed by atoms with E-state index >= 15 is 0 Å². The summed E-state index contributed by atoms with van der Waals surface area (Å²) in [6, 6.07) is 0. The maximum Gasteiger partial charge on any atom is 0.186 e. The van der Waals surface area contributed by atoms with Crippen molar-refractivity contribution in [2.24, 2.45) is 0 Å². The summed E-state index contributed by atoms with van der Waals surface area (Å²) >= 11 is 0. The zero-order valence-corrected chi connectivity index (χ0v) is 12.0. The van der Waals surface area contributed by atoms with Crippen LogP contribution in [0.25, 0.3) is 0 Å². The molecule has 11 nitrogen and oxygen atoms in total. The number of hydrogen-bond donors (Lipinski definition) is 8. The lowest BCUT2D eigenvalue weighted by Crippen LogP contribution is -2.61. The second-order valence-corrected chi connectivity index (χ2v) is 5.57. The van der Waals surface area contributed by atoms with E-state index in [-0.39, 0.29) is 0 Å². The third-order valence-electron chi connectivity index (χ3n) is 3.96. The molecule has 0 aromatic heterocycles. The van der Waals surface area contributed by atoms with Crippen LogP contribution in [-0.4, -0.2) is 115 Å². The highest BCUT2D eigenvalue weighted by Crippen LogP contribution is 2.24. The zero-order chi connectivity index (χ0) is 17.3. The number of hydrogen-bond acceptors (Lipinski definition) is 11. The highest BCUT2D eigenvalue weighted by molar-refractivity contribution is 4.91. The van der Waals surface area contributed by atoms with Crippen LogP contribution in [0.5, 0.6) is 0 Å². The first-order chi connectivity index (χ1) is 10.8. The van der Waals surface area contributed by atoms with E-state index in [1.54, 1.807) is 0 Å². The minimum atomic E-state index is -1.74. The van der Waals surface area contributed by atoms with Crippen LogP contribution in [0.4, 0.5) is 0 Å². The summed E-state index contributed by atoms with van der Waals surface area (Å²) in [6.45, 7) is -1.10. The van der Waals surface area contributed by atoms with Gasteiger partial charge in [0.1, 0.15) is 48.8 Å². The molecule has 0 saturated carbocycles. The molecule has 2 aliphatic heterocycles. The minimum absolute atomic E-state index is 0.468. The molecule has 0 spiro atoms. The van der Waals surface area contributed by atoms with E-state index in [0.29, 0.717) is 0 Å². The molecule has 0 radical (unpaired) electrons. The fourth-order valence-corrected chi connectivity index (χ4v) is 2.46. The van der Waals surface area contributed by atoms with Gasteiger partial charge in [0.15, 0.2) is 12.6 Å². The lowest BCUT2D eigenvalue weighted by molar-refractivity contribution is -0.325. The van der Waals surface area contributed by atoms with E-state index in [1.165, 1.54) is 0 Å². The summed E-state index contributed by atoms with van der Waals surface area (Å²) in [7, 11) is 0. The average molecular weight is 342 g/mol. The molecular weight excluding hydrogens is 320 g/mol. The third kappa shape index (κ3) is 3.81. The van der Waals surface area contributed by atoms with Crippen molar-refractivity contribution in [1.29, 1.82) is 0 Å². The number of ether oxygens (including phenoxy) is 3. The van der Waals surface area contributed by atoms with E-state index in [2.05, 4.69) is 0 Å². The molecule has 2 saturated heterocycles. The smallest absolute Gasteiger partial charge is 0.186 e. The van der Waals surface area contributed by atoms with Crippen molar-refractivity contribution in [3.8, 4) is 0 Å². The average Bonchev–Trinajstić information content (AvgIpc) is 2.54. The first-order valence-electron chi connectivity index (χ1n) is 7.07. The van der Waals surface area contributed by atoms with Crippen molar-refractivity contribution in [2.45, 2.75) is 61.4 Å². The molecule has 8 N–H and O–H groups in total. The Hall–Kier alpha value is -0.440. The molecule has 1 unspecified atom stereocenters. The summed E-state index contributed by atoms with van der Waals surface area (Å²) in [4.78, 5) is 0. The van der Waals surface area contributed by atoms with Gasteiger partial charge in [0.05, 0.1) is 13.2 Å². The van der Waals surface area contributed by atoms with Gasteiger partial charge in [-0.1, -0.05) is 0 Å². The van der Waals surface area contributed by atoms with Gasteiger partial charge in [0.2, 0.25) is 0 Å². The molecule has 0 amide bonds. The predicted octanol–water partition coefficient (Wildman–Crippen LogP) is -5.40. The Morgan fingerprint density at radius 1 is 0.652 bits per heavy atom. The van der Waals surface area contributed by atoms with E-state index in [1.807, 2.05) is 0 Å². The van der Waals surface area contributed by atoms with Gasteiger partial charge in [0, 0.05) is 0 Å². The lowest BCUT2D eigenvalue weighted by Gasteiger charge is -2.41. The van der Waals surface area contributed by atoms with Crippen LogP contribution in [-0.2, 0) is 14.2 Å². The third-order valence-corrected chi connectivity index (χ3v) is 3.96. The zero-order valence-electron chi connectivity index (χ0n) is 12.0. The topological polar surface area (TPSA) is 190 Å². The van der Waals surface area contributed by atoms with Crippen molar-refractivity contribution in [3.05, 3.63) is 0 Å². The molecule has 0 bridgehead atoms. The standard InChI is InChI=1S/C12H22O11/c13-1-3-5(14)8(17)10(19)12(23-3)21-2-4-6(15)7(16)9(18)11(20)22-4/h3-20H,1-2H2/t3-,4-,5-,6-,7+,8+,9+,10+,11+,12?/m1/s1. The van der Waals surface area contributed by atoms with Crippen molar-refractivity contribution >= 4 is 0 Å². The Labute approximate surface area is 130 Å². The van der Waals surface area contributed by atoms with Gasteiger partial charge in [-0.3, -0.25) is 0 Å². The Bertz CT molecular complexity index is 380. The summed E-state index contributed by atoms with van der Waals surface area (Å²) in [5, 5.41) is 76.1. The van der Waals surface area contributed by atoms with Crippen molar-refractivity contribution in [2.75, 3.05) is 13.2 Å². The largest absolute Gasteiger partial charge is 0.394 e. The van der Waals surface area contributed by atoms with Crippen LogP contribution >= 0.6 is 0 Å². The molecule has 2 fully saturated rings. The van der Waals surface area contributed by atoms with Gasteiger partial charge >= 0.3 is 0 Å². The van der Waals surface area contributed by atoms with Crippen LogP contribution in [0.3, 0.4) is 0 Å². The Kier molecular flexibility index (Phi) is 6.27. The lowest BCUT2D eigenvalue weighted by atomic mass is 9.98. The summed E-state index contributed by atoms with van der Waals surface area (Å²) < 4.78 is 15.1. The fourth-order valence-electron chi connectivity index (χ4n) is 2.46. The van der Waals surface area contributed by atoms with Crippen LogP contribution < -0.4 is 0 Å². The maximum atomic E-state index is 9.78. The van der Waals surface area contributed by atoms with Crippen LogP contribution in [0, 0.1) is 0 Å². The highest BCUT2D eigenvalue weighted by Gasteiger charge is 2.46. The minimum Gasteiger partial charge on any atom is -0.394 e. The van der Waals surface area contributed by atoms with Crippen LogP contribution in [0.1, 0.15) is 0 Å². The van der Waals surface area contributed by atoms with Gasteiger partial charge in [-0.25, -0.2) is 0 Å². The van der Waals surface area contributed by atoms with Crippen molar-refractivity contribution in [1.82, 2.24) is 0 Å². The van der Waals surface area contributed by atoms with Crippen molar-refractivity contribution in [3.63, 3.8) is 0 Å². The maximum absolute atomic E-state index is 9.78. The summed E-state index contributed by atoms with van der Waals surface area (Å²) in [5.74, 6) is 0. The molecule has 10 atom stereocenters. The van der Waals surface area contributed by atoms with Gasteiger partial charge in [-0.15, -0.1) is 0 Å². The van der Waals surface area contributed by atoms with E-state index < -0.39 is 74.6 Å². The van der Waals surface area contributed by atoms with Gasteiger partial charge < -0.3 is 55.1 Å². The molecule has 2 heterocycles. The summed E-state index contributed by atoms with van der Waals surface area (Å²) in [6.07, 6.45) is -15.3. The SMILES string of the molecule is OC[C@H]1OC(OC[C@H]2O[C@H](O)[C@@H](O)[C@@H](O)[C@@H]2O)[C@@H](O)[C@@H](O)[C@@H]1O. The molecule has 0 aromatic carbocycles.